The standard InChI is InChI=1S/C15H15ClN4O2/c16-14-18-11(13(21)20-15-3-8(4-15)5-15)2-12(19-14)22-7-10-1-9(10)6-17/h2,8-10H,1,3-5,7H2,(H,20,21)/t8?,9-,10+,15?/m0/s1. The van der Waals surface area contributed by atoms with Gasteiger partial charge in [-0.3, -0.25) is 4.79 Å². The number of nitrogens with zero attached hydrogens (tertiary/aromatic N) is 3. The zero-order valence-electron chi connectivity index (χ0n) is 11.9. The third-order valence-electron chi connectivity index (χ3n) is 4.86. The number of nitrogens with one attached hydrogen (secondary N) is 1. The number of aromatic nitrogens is 2. The predicted octanol–water partition coefficient (Wildman–Crippen LogP) is 1.95. The summed E-state index contributed by atoms with van der Waals surface area (Å²) in [4.78, 5) is 20.2. The highest BCUT2D eigenvalue weighted by molar-refractivity contribution is 6.28. The van der Waals surface area contributed by atoms with Crippen LogP contribution < -0.4 is 10.1 Å². The summed E-state index contributed by atoms with van der Waals surface area (Å²) in [6.45, 7) is 0.415. The lowest BCUT2D eigenvalue weighted by Gasteiger charge is -2.61. The van der Waals surface area contributed by atoms with Crippen molar-refractivity contribution in [3.8, 4) is 11.9 Å². The van der Waals surface area contributed by atoms with Crippen LogP contribution in [0, 0.1) is 29.1 Å². The van der Waals surface area contributed by atoms with Crippen molar-refractivity contribution in [2.24, 2.45) is 17.8 Å². The molecule has 4 fully saturated rings. The molecule has 2 bridgehead atoms. The van der Waals surface area contributed by atoms with E-state index in [1.54, 1.807) is 0 Å². The molecule has 0 aromatic carbocycles. The summed E-state index contributed by atoms with van der Waals surface area (Å²) >= 11 is 5.88. The lowest BCUT2D eigenvalue weighted by atomic mass is 9.50. The molecule has 4 aliphatic rings. The first kappa shape index (κ1) is 13.8. The van der Waals surface area contributed by atoms with Gasteiger partial charge < -0.3 is 10.1 Å². The molecule has 0 saturated heterocycles. The second-order valence-electron chi connectivity index (χ2n) is 6.62. The van der Waals surface area contributed by atoms with Gasteiger partial charge in [0.05, 0.1) is 18.6 Å². The average Bonchev–Trinajstić information content (AvgIpc) is 3.17. The van der Waals surface area contributed by atoms with Crippen LogP contribution in [0.25, 0.3) is 0 Å². The summed E-state index contributed by atoms with van der Waals surface area (Å²) in [5, 5.41) is 11.8. The van der Waals surface area contributed by atoms with E-state index in [1.165, 1.54) is 6.07 Å². The Bertz CT molecular complexity index is 670. The molecule has 4 aliphatic carbocycles. The molecule has 1 aromatic heterocycles. The van der Waals surface area contributed by atoms with E-state index in [2.05, 4.69) is 21.4 Å². The van der Waals surface area contributed by atoms with Crippen LogP contribution in [0.4, 0.5) is 0 Å². The molecule has 0 spiro atoms. The zero-order valence-corrected chi connectivity index (χ0v) is 12.6. The van der Waals surface area contributed by atoms with Crippen molar-refractivity contribution < 1.29 is 9.53 Å². The molecule has 6 nitrogen and oxygen atoms in total. The second kappa shape index (κ2) is 4.82. The molecule has 7 heteroatoms. The molecule has 5 rings (SSSR count). The molecule has 0 radical (unpaired) electrons. The van der Waals surface area contributed by atoms with Gasteiger partial charge in [-0.2, -0.15) is 10.2 Å². The lowest BCUT2D eigenvalue weighted by molar-refractivity contribution is -0.0439. The molecule has 1 N–H and O–H groups in total. The number of nitriles is 1. The highest BCUT2D eigenvalue weighted by atomic mass is 35.5. The number of carbonyl (C=O) groups is 1. The highest BCUT2D eigenvalue weighted by Gasteiger charge is 2.57. The van der Waals surface area contributed by atoms with Crippen LogP contribution in [0.5, 0.6) is 5.88 Å². The zero-order chi connectivity index (χ0) is 15.3. The van der Waals surface area contributed by atoms with Crippen LogP contribution in [0.2, 0.25) is 5.28 Å². The van der Waals surface area contributed by atoms with E-state index < -0.39 is 0 Å². The van der Waals surface area contributed by atoms with Crippen LogP contribution in [0.3, 0.4) is 0 Å². The number of hydrogen-bond donors (Lipinski definition) is 1. The third kappa shape index (κ3) is 2.40. The van der Waals surface area contributed by atoms with Gasteiger partial charge >= 0.3 is 0 Å². The molecule has 4 saturated carbocycles. The fourth-order valence-corrected chi connectivity index (χ4v) is 3.48. The third-order valence-corrected chi connectivity index (χ3v) is 5.03. The van der Waals surface area contributed by atoms with Gasteiger partial charge in [0.2, 0.25) is 11.2 Å². The summed E-state index contributed by atoms with van der Waals surface area (Å²) in [6, 6.07) is 3.72. The molecule has 1 heterocycles. The minimum atomic E-state index is -0.228. The first-order valence-electron chi connectivity index (χ1n) is 7.46. The summed E-state index contributed by atoms with van der Waals surface area (Å²) < 4.78 is 5.55. The van der Waals surface area contributed by atoms with Gasteiger partial charge in [-0.1, -0.05) is 0 Å². The van der Waals surface area contributed by atoms with Gasteiger partial charge in [-0.05, 0) is 43.2 Å². The molecule has 1 aromatic rings. The molecule has 114 valence electrons. The van der Waals surface area contributed by atoms with E-state index in [9.17, 15) is 4.79 Å². The predicted molar refractivity (Wildman–Crippen MR) is 77.3 cm³/mol. The van der Waals surface area contributed by atoms with Crippen LogP contribution in [0.15, 0.2) is 6.07 Å². The van der Waals surface area contributed by atoms with Crippen molar-refractivity contribution >= 4 is 17.5 Å². The van der Waals surface area contributed by atoms with Crippen LogP contribution in [0.1, 0.15) is 36.2 Å². The number of ether oxygens (including phenoxy) is 1. The van der Waals surface area contributed by atoms with Crippen LogP contribution >= 0.6 is 11.6 Å². The van der Waals surface area contributed by atoms with Gasteiger partial charge in [0.25, 0.3) is 5.91 Å². The molecule has 2 atom stereocenters. The largest absolute Gasteiger partial charge is 0.477 e. The van der Waals surface area contributed by atoms with Crippen LogP contribution in [-0.2, 0) is 0 Å². The summed E-state index contributed by atoms with van der Waals surface area (Å²) in [5.41, 5.74) is 0.223. The van der Waals surface area contributed by atoms with Crippen molar-refractivity contribution in [1.29, 1.82) is 5.26 Å². The number of hydrogen-bond acceptors (Lipinski definition) is 5. The maximum atomic E-state index is 12.3. The molecule has 0 unspecified atom stereocenters. The number of amides is 1. The van der Waals surface area contributed by atoms with Gasteiger partial charge in [0.15, 0.2) is 0 Å². The minimum absolute atomic E-state index is 0.00573. The van der Waals surface area contributed by atoms with Gasteiger partial charge in [0, 0.05) is 17.5 Å². The second-order valence-corrected chi connectivity index (χ2v) is 6.95. The Labute approximate surface area is 132 Å². The SMILES string of the molecule is N#C[C@@H]1C[C@@H]1COc1cc(C(=O)NC23CC(C2)C3)nc(Cl)n1. The van der Waals surface area contributed by atoms with Crippen molar-refractivity contribution in [3.63, 3.8) is 0 Å². The molecule has 22 heavy (non-hydrogen) atoms. The topological polar surface area (TPSA) is 87.9 Å². The van der Waals surface area contributed by atoms with E-state index in [-0.39, 0.29) is 40.1 Å². The highest BCUT2D eigenvalue weighted by Crippen LogP contribution is 2.56. The average molecular weight is 319 g/mol. The van der Waals surface area contributed by atoms with Gasteiger partial charge in [-0.25, -0.2) is 4.98 Å². The van der Waals surface area contributed by atoms with Crippen LogP contribution in [-0.4, -0.2) is 28.0 Å². The first-order chi connectivity index (χ1) is 10.6. The fourth-order valence-electron chi connectivity index (χ4n) is 3.31. The number of halogens is 1. The first-order valence-corrected chi connectivity index (χ1v) is 7.84. The summed E-state index contributed by atoms with van der Waals surface area (Å²) in [6.07, 6.45) is 4.06. The summed E-state index contributed by atoms with van der Waals surface area (Å²) in [5.74, 6) is 1.17. The van der Waals surface area contributed by atoms with Gasteiger partial charge in [0.1, 0.15) is 5.69 Å². The molecule has 1 amide bonds. The lowest BCUT2D eigenvalue weighted by Crippen LogP contribution is -2.68. The maximum absolute atomic E-state index is 12.3. The number of rotatable bonds is 5. The molecular formula is C15H15ClN4O2. The Morgan fingerprint density at radius 3 is 2.86 bits per heavy atom. The Hall–Kier alpha value is -1.87. The van der Waals surface area contributed by atoms with Crippen molar-refractivity contribution in [3.05, 3.63) is 17.0 Å². The smallest absolute Gasteiger partial charge is 0.270 e. The normalized spacial score (nSPS) is 33.9. The van der Waals surface area contributed by atoms with Gasteiger partial charge in [-0.15, -0.1) is 0 Å². The van der Waals surface area contributed by atoms with E-state index in [0.29, 0.717) is 6.61 Å². The summed E-state index contributed by atoms with van der Waals surface area (Å²) in [7, 11) is 0. The fraction of sp³-hybridized carbons (Fsp3) is 0.600. The quantitative estimate of drug-likeness (QED) is 0.838. The Balaban J connectivity index is 1.41. The Kier molecular flexibility index (Phi) is 3.01. The van der Waals surface area contributed by atoms with E-state index in [4.69, 9.17) is 21.6 Å². The molecular weight excluding hydrogens is 304 g/mol. The van der Waals surface area contributed by atoms with E-state index in [0.717, 1.165) is 31.6 Å². The van der Waals surface area contributed by atoms with Crippen molar-refractivity contribution in [1.82, 2.24) is 15.3 Å². The Morgan fingerprint density at radius 1 is 1.50 bits per heavy atom. The maximum Gasteiger partial charge on any atom is 0.270 e. The van der Waals surface area contributed by atoms with E-state index >= 15 is 0 Å². The van der Waals surface area contributed by atoms with E-state index in [1.807, 2.05) is 0 Å². The minimum Gasteiger partial charge on any atom is -0.477 e. The van der Waals surface area contributed by atoms with Crippen molar-refractivity contribution in [2.45, 2.75) is 31.2 Å². The molecule has 0 aliphatic heterocycles. The Morgan fingerprint density at radius 2 is 2.27 bits per heavy atom. The monoisotopic (exact) mass is 318 g/mol. The number of carbonyl (C=O) groups excluding carboxylic acids is 1. The van der Waals surface area contributed by atoms with Crippen molar-refractivity contribution in [2.75, 3.05) is 6.61 Å².